The van der Waals surface area contributed by atoms with E-state index in [-0.39, 0.29) is 0 Å². The lowest BCUT2D eigenvalue weighted by Gasteiger charge is -2.20. The first-order chi connectivity index (χ1) is 7.69. The second kappa shape index (κ2) is 6.37. The number of nitriles is 1. The number of anilines is 1. The zero-order chi connectivity index (χ0) is 12.0. The van der Waals surface area contributed by atoms with Crippen molar-refractivity contribution in [3.63, 3.8) is 0 Å². The number of ether oxygens (including phenoxy) is 1. The first-order valence-corrected chi connectivity index (χ1v) is 5.46. The van der Waals surface area contributed by atoms with Gasteiger partial charge in [0.15, 0.2) is 0 Å². The zero-order valence-electron chi connectivity index (χ0n) is 9.53. The monoisotopic (exact) mass is 238 g/mol. The molecule has 0 unspecified atom stereocenters. The topological polar surface area (TPSA) is 36.3 Å². The van der Waals surface area contributed by atoms with Crippen LogP contribution in [0.3, 0.4) is 0 Å². The van der Waals surface area contributed by atoms with E-state index in [9.17, 15) is 0 Å². The summed E-state index contributed by atoms with van der Waals surface area (Å²) in [6, 6.07) is 7.44. The summed E-state index contributed by atoms with van der Waals surface area (Å²) in [4.78, 5) is 2.02. The third kappa shape index (κ3) is 3.41. The summed E-state index contributed by atoms with van der Waals surface area (Å²) in [7, 11) is 3.63. The highest BCUT2D eigenvalue weighted by Crippen LogP contribution is 2.23. The third-order valence-electron chi connectivity index (χ3n) is 2.33. The van der Waals surface area contributed by atoms with Crippen LogP contribution >= 0.6 is 11.6 Å². The van der Waals surface area contributed by atoms with E-state index in [2.05, 4.69) is 6.07 Å². The predicted molar refractivity (Wildman–Crippen MR) is 65.9 cm³/mol. The van der Waals surface area contributed by atoms with Crippen molar-refractivity contribution < 1.29 is 4.74 Å². The highest BCUT2D eigenvalue weighted by Gasteiger charge is 2.07. The number of rotatable bonds is 5. The van der Waals surface area contributed by atoms with Crippen LogP contribution in [0.5, 0.6) is 0 Å². The van der Waals surface area contributed by atoms with Gasteiger partial charge in [-0.25, -0.2) is 0 Å². The summed E-state index contributed by atoms with van der Waals surface area (Å²) in [5.74, 6) is 0. The van der Waals surface area contributed by atoms with Gasteiger partial charge in [-0.3, -0.25) is 0 Å². The van der Waals surface area contributed by atoms with Gasteiger partial charge in [0, 0.05) is 32.3 Å². The molecule has 1 aromatic rings. The summed E-state index contributed by atoms with van der Waals surface area (Å²) in [6.45, 7) is 1.55. The van der Waals surface area contributed by atoms with Crippen LogP contribution in [-0.4, -0.2) is 27.3 Å². The summed E-state index contributed by atoms with van der Waals surface area (Å²) < 4.78 is 4.99. The molecule has 0 bridgehead atoms. The van der Waals surface area contributed by atoms with Crippen LogP contribution < -0.4 is 4.90 Å². The molecule has 4 heteroatoms. The van der Waals surface area contributed by atoms with E-state index in [1.54, 1.807) is 19.2 Å². The molecule has 0 atom stereocenters. The minimum atomic E-state index is 0.643. The molecule has 86 valence electrons. The molecule has 0 N–H and O–H groups in total. The summed E-state index contributed by atoms with van der Waals surface area (Å²) in [5.41, 5.74) is 1.51. The lowest BCUT2D eigenvalue weighted by molar-refractivity contribution is 0.196. The minimum Gasteiger partial charge on any atom is -0.385 e. The molecule has 0 saturated carbocycles. The van der Waals surface area contributed by atoms with Gasteiger partial charge in [-0.1, -0.05) is 11.6 Å². The molecule has 16 heavy (non-hydrogen) atoms. The Kier molecular flexibility index (Phi) is 5.10. The van der Waals surface area contributed by atoms with Gasteiger partial charge in [-0.05, 0) is 24.6 Å². The Labute approximate surface area is 101 Å². The molecular formula is C12H15ClN2O. The molecule has 0 aliphatic heterocycles. The van der Waals surface area contributed by atoms with E-state index >= 15 is 0 Å². The number of nitrogens with zero attached hydrogens (tertiary/aromatic N) is 2. The molecule has 0 spiro atoms. The molecule has 0 aliphatic rings. The number of hydrogen-bond donors (Lipinski definition) is 0. The van der Waals surface area contributed by atoms with Gasteiger partial charge in [0.2, 0.25) is 0 Å². The van der Waals surface area contributed by atoms with E-state index in [1.165, 1.54) is 0 Å². The van der Waals surface area contributed by atoms with Crippen molar-refractivity contribution in [1.82, 2.24) is 0 Å². The first-order valence-electron chi connectivity index (χ1n) is 5.08. The van der Waals surface area contributed by atoms with Crippen LogP contribution in [0.1, 0.15) is 12.0 Å². The van der Waals surface area contributed by atoms with Gasteiger partial charge in [-0.2, -0.15) is 5.26 Å². The van der Waals surface area contributed by atoms with Crippen molar-refractivity contribution >= 4 is 17.3 Å². The highest BCUT2D eigenvalue weighted by molar-refractivity contribution is 6.30. The Morgan fingerprint density at radius 2 is 2.25 bits per heavy atom. The molecule has 0 aromatic heterocycles. The lowest BCUT2D eigenvalue weighted by Crippen LogP contribution is -2.20. The maximum atomic E-state index is 8.99. The van der Waals surface area contributed by atoms with Crippen molar-refractivity contribution in [2.75, 3.05) is 32.2 Å². The van der Waals surface area contributed by atoms with E-state index in [1.807, 2.05) is 18.0 Å². The number of methoxy groups -OCH3 is 1. The fraction of sp³-hybridized carbons (Fsp3) is 0.417. The van der Waals surface area contributed by atoms with E-state index in [4.69, 9.17) is 21.6 Å². The smallest absolute Gasteiger partial charge is 0.101 e. The van der Waals surface area contributed by atoms with Crippen LogP contribution in [0.15, 0.2) is 18.2 Å². The average molecular weight is 239 g/mol. The normalized spacial score (nSPS) is 9.88. The van der Waals surface area contributed by atoms with Crippen LogP contribution in [0, 0.1) is 11.3 Å². The summed E-state index contributed by atoms with van der Waals surface area (Å²) in [5, 5.41) is 9.63. The van der Waals surface area contributed by atoms with Crippen LogP contribution in [0.25, 0.3) is 0 Å². The van der Waals surface area contributed by atoms with Gasteiger partial charge in [0.1, 0.15) is 6.07 Å². The van der Waals surface area contributed by atoms with Gasteiger partial charge < -0.3 is 9.64 Å². The maximum Gasteiger partial charge on any atom is 0.101 e. The van der Waals surface area contributed by atoms with Crippen molar-refractivity contribution in [2.24, 2.45) is 0 Å². The van der Waals surface area contributed by atoms with E-state index in [0.717, 1.165) is 18.7 Å². The molecule has 3 nitrogen and oxygen atoms in total. The van der Waals surface area contributed by atoms with Crippen LogP contribution in [-0.2, 0) is 4.74 Å². The second-order valence-corrected chi connectivity index (χ2v) is 3.98. The van der Waals surface area contributed by atoms with Crippen molar-refractivity contribution in [1.29, 1.82) is 5.26 Å². The largest absolute Gasteiger partial charge is 0.385 e. The van der Waals surface area contributed by atoms with Crippen molar-refractivity contribution in [2.45, 2.75) is 6.42 Å². The first kappa shape index (κ1) is 12.8. The SMILES string of the molecule is COCCCN(C)c1cc(Cl)ccc1C#N. The predicted octanol–water partition coefficient (Wildman–Crippen LogP) is 2.68. The molecule has 0 amide bonds. The summed E-state index contributed by atoms with van der Waals surface area (Å²) in [6.07, 6.45) is 0.921. The van der Waals surface area contributed by atoms with E-state index < -0.39 is 0 Å². The molecule has 0 radical (unpaired) electrons. The number of hydrogen-bond acceptors (Lipinski definition) is 3. The summed E-state index contributed by atoms with van der Waals surface area (Å²) >= 11 is 5.92. The minimum absolute atomic E-state index is 0.643. The molecule has 0 aliphatic carbocycles. The van der Waals surface area contributed by atoms with E-state index in [0.29, 0.717) is 17.2 Å². The quantitative estimate of drug-likeness (QED) is 0.740. The van der Waals surface area contributed by atoms with Gasteiger partial charge in [0.25, 0.3) is 0 Å². The molecule has 1 rings (SSSR count). The van der Waals surface area contributed by atoms with Gasteiger partial charge in [-0.15, -0.1) is 0 Å². The maximum absolute atomic E-state index is 8.99. The number of halogens is 1. The molecular weight excluding hydrogens is 224 g/mol. The van der Waals surface area contributed by atoms with Gasteiger partial charge in [0.05, 0.1) is 11.3 Å². The Bertz CT molecular complexity index is 387. The Morgan fingerprint density at radius 1 is 1.50 bits per heavy atom. The van der Waals surface area contributed by atoms with Crippen molar-refractivity contribution in [3.8, 4) is 6.07 Å². The Morgan fingerprint density at radius 3 is 2.88 bits per heavy atom. The lowest BCUT2D eigenvalue weighted by atomic mass is 10.2. The fourth-order valence-electron chi connectivity index (χ4n) is 1.48. The van der Waals surface area contributed by atoms with Crippen molar-refractivity contribution in [3.05, 3.63) is 28.8 Å². The fourth-order valence-corrected chi connectivity index (χ4v) is 1.65. The third-order valence-corrected chi connectivity index (χ3v) is 2.57. The standard InChI is InChI=1S/C12H15ClN2O/c1-15(6-3-7-16-2)12-8-11(13)5-4-10(12)9-14/h4-5,8H,3,6-7H2,1-2H3. The molecule has 0 heterocycles. The van der Waals surface area contributed by atoms with Gasteiger partial charge >= 0.3 is 0 Å². The Hall–Kier alpha value is -1.24. The molecule has 1 aromatic carbocycles. The number of benzene rings is 1. The zero-order valence-corrected chi connectivity index (χ0v) is 10.3. The Balaban J connectivity index is 2.77. The van der Waals surface area contributed by atoms with Crippen LogP contribution in [0.2, 0.25) is 5.02 Å². The highest BCUT2D eigenvalue weighted by atomic mass is 35.5. The average Bonchev–Trinajstić information content (AvgIpc) is 2.29. The van der Waals surface area contributed by atoms with Crippen LogP contribution in [0.4, 0.5) is 5.69 Å². The second-order valence-electron chi connectivity index (χ2n) is 3.54. The molecule has 0 fully saturated rings. The molecule has 0 saturated heterocycles.